The molecule has 3 N–H and O–H groups in total. The SMILES string of the molecule is NCC[C@H](O)c1cc(Cl)cs1. The molecule has 0 amide bonds. The zero-order chi connectivity index (χ0) is 8.27. The minimum atomic E-state index is -0.447. The molecule has 1 aromatic heterocycles. The van der Waals surface area contributed by atoms with E-state index in [0.29, 0.717) is 18.0 Å². The van der Waals surface area contributed by atoms with Crippen molar-refractivity contribution in [3.63, 3.8) is 0 Å². The maximum atomic E-state index is 9.41. The van der Waals surface area contributed by atoms with Crippen LogP contribution in [0.4, 0.5) is 0 Å². The van der Waals surface area contributed by atoms with Gasteiger partial charge in [0.15, 0.2) is 0 Å². The molecule has 0 aliphatic carbocycles. The highest BCUT2D eigenvalue weighted by Crippen LogP contribution is 2.26. The Labute approximate surface area is 74.6 Å². The Bertz CT molecular complexity index is 226. The van der Waals surface area contributed by atoms with Gasteiger partial charge in [-0.2, -0.15) is 0 Å². The van der Waals surface area contributed by atoms with Gasteiger partial charge in [-0.1, -0.05) is 11.6 Å². The van der Waals surface area contributed by atoms with Crippen molar-refractivity contribution >= 4 is 22.9 Å². The number of hydrogen-bond donors (Lipinski definition) is 2. The van der Waals surface area contributed by atoms with E-state index in [1.54, 1.807) is 11.4 Å². The number of aliphatic hydroxyl groups is 1. The largest absolute Gasteiger partial charge is 0.388 e. The molecule has 0 spiro atoms. The molecule has 4 heteroatoms. The van der Waals surface area contributed by atoms with Gasteiger partial charge in [0.2, 0.25) is 0 Å². The number of thiophene rings is 1. The standard InChI is InChI=1S/C7H10ClNOS/c8-5-3-7(11-4-5)6(10)1-2-9/h3-4,6,10H,1-2,9H2/t6-/m0/s1. The van der Waals surface area contributed by atoms with E-state index in [9.17, 15) is 5.11 Å². The molecule has 0 saturated heterocycles. The first-order valence-corrected chi connectivity index (χ1v) is 4.62. The zero-order valence-corrected chi connectivity index (χ0v) is 7.53. The van der Waals surface area contributed by atoms with Crippen molar-refractivity contribution in [3.05, 3.63) is 21.3 Å². The van der Waals surface area contributed by atoms with Gasteiger partial charge in [-0.25, -0.2) is 0 Å². The van der Waals surface area contributed by atoms with Crippen molar-refractivity contribution in [2.24, 2.45) is 5.73 Å². The van der Waals surface area contributed by atoms with Crippen molar-refractivity contribution in [1.29, 1.82) is 0 Å². The third-order valence-corrected chi connectivity index (χ3v) is 2.74. The summed E-state index contributed by atoms with van der Waals surface area (Å²) in [6, 6.07) is 1.77. The first-order valence-electron chi connectivity index (χ1n) is 3.36. The quantitative estimate of drug-likeness (QED) is 0.765. The van der Waals surface area contributed by atoms with E-state index >= 15 is 0 Å². The van der Waals surface area contributed by atoms with E-state index < -0.39 is 6.10 Å². The van der Waals surface area contributed by atoms with Crippen LogP contribution in [-0.4, -0.2) is 11.7 Å². The smallest absolute Gasteiger partial charge is 0.0894 e. The van der Waals surface area contributed by atoms with Gasteiger partial charge in [-0.05, 0) is 19.0 Å². The Morgan fingerprint density at radius 2 is 2.45 bits per heavy atom. The lowest BCUT2D eigenvalue weighted by molar-refractivity contribution is 0.174. The van der Waals surface area contributed by atoms with Gasteiger partial charge in [-0.3, -0.25) is 0 Å². The molecule has 1 aromatic rings. The summed E-state index contributed by atoms with van der Waals surface area (Å²) in [7, 11) is 0. The summed E-state index contributed by atoms with van der Waals surface area (Å²) in [5.41, 5.74) is 5.29. The van der Waals surface area contributed by atoms with E-state index in [0.717, 1.165) is 4.88 Å². The predicted octanol–water partition coefficient (Wildman–Crippen LogP) is 1.78. The molecule has 0 bridgehead atoms. The number of aliphatic hydroxyl groups excluding tert-OH is 1. The van der Waals surface area contributed by atoms with Crippen LogP contribution in [0.5, 0.6) is 0 Å². The average Bonchev–Trinajstić information content (AvgIpc) is 2.36. The molecule has 62 valence electrons. The minimum absolute atomic E-state index is 0.447. The molecule has 1 rings (SSSR count). The summed E-state index contributed by atoms with van der Waals surface area (Å²) in [6.07, 6.45) is 0.147. The lowest BCUT2D eigenvalue weighted by Crippen LogP contribution is -2.05. The molecule has 0 unspecified atom stereocenters. The Hall–Kier alpha value is -0.0900. The van der Waals surface area contributed by atoms with Crippen LogP contribution in [0, 0.1) is 0 Å². The van der Waals surface area contributed by atoms with Crippen LogP contribution in [0.1, 0.15) is 17.4 Å². The molecule has 0 saturated carbocycles. The van der Waals surface area contributed by atoms with Gasteiger partial charge in [0.25, 0.3) is 0 Å². The lowest BCUT2D eigenvalue weighted by Gasteiger charge is -2.04. The van der Waals surface area contributed by atoms with Crippen LogP contribution < -0.4 is 5.73 Å². The highest BCUT2D eigenvalue weighted by molar-refractivity contribution is 7.10. The van der Waals surface area contributed by atoms with Gasteiger partial charge >= 0.3 is 0 Å². The topological polar surface area (TPSA) is 46.2 Å². The van der Waals surface area contributed by atoms with Crippen LogP contribution in [-0.2, 0) is 0 Å². The molecular formula is C7H10ClNOS. The summed E-state index contributed by atoms with van der Waals surface area (Å²) in [5, 5.41) is 11.9. The minimum Gasteiger partial charge on any atom is -0.388 e. The van der Waals surface area contributed by atoms with Gasteiger partial charge < -0.3 is 10.8 Å². The molecule has 1 atom stereocenters. The number of hydrogen-bond acceptors (Lipinski definition) is 3. The van der Waals surface area contributed by atoms with E-state index in [4.69, 9.17) is 17.3 Å². The molecule has 0 aromatic carbocycles. The predicted molar refractivity (Wildman–Crippen MR) is 48.0 cm³/mol. The van der Waals surface area contributed by atoms with Crippen molar-refractivity contribution < 1.29 is 5.11 Å². The molecule has 0 radical (unpaired) electrons. The Balaban J connectivity index is 2.60. The van der Waals surface area contributed by atoms with Crippen molar-refractivity contribution in [3.8, 4) is 0 Å². The fourth-order valence-corrected chi connectivity index (χ4v) is 1.91. The van der Waals surface area contributed by atoms with E-state index in [1.165, 1.54) is 11.3 Å². The molecule has 2 nitrogen and oxygen atoms in total. The molecular weight excluding hydrogens is 182 g/mol. The second-order valence-corrected chi connectivity index (χ2v) is 3.64. The normalized spacial score (nSPS) is 13.4. The maximum absolute atomic E-state index is 9.41. The summed E-state index contributed by atoms with van der Waals surface area (Å²) in [6.45, 7) is 0.497. The Kier molecular flexibility index (Phi) is 3.33. The maximum Gasteiger partial charge on any atom is 0.0894 e. The highest BCUT2D eigenvalue weighted by atomic mass is 35.5. The molecule has 0 aliphatic rings. The monoisotopic (exact) mass is 191 g/mol. The van der Waals surface area contributed by atoms with Crippen molar-refractivity contribution in [1.82, 2.24) is 0 Å². The number of nitrogens with two attached hydrogens (primary N) is 1. The average molecular weight is 192 g/mol. The fraction of sp³-hybridized carbons (Fsp3) is 0.429. The summed E-state index contributed by atoms with van der Waals surface area (Å²) < 4.78 is 0. The zero-order valence-electron chi connectivity index (χ0n) is 5.96. The third-order valence-electron chi connectivity index (χ3n) is 1.36. The second kappa shape index (κ2) is 4.07. The number of halogens is 1. The van der Waals surface area contributed by atoms with Crippen LogP contribution in [0.25, 0.3) is 0 Å². The number of rotatable bonds is 3. The Morgan fingerprint density at radius 1 is 1.73 bits per heavy atom. The molecule has 0 aliphatic heterocycles. The fourth-order valence-electron chi connectivity index (χ4n) is 0.803. The van der Waals surface area contributed by atoms with Gasteiger partial charge in [-0.15, -0.1) is 11.3 Å². The Morgan fingerprint density at radius 3 is 2.91 bits per heavy atom. The van der Waals surface area contributed by atoms with E-state index in [-0.39, 0.29) is 0 Å². The highest BCUT2D eigenvalue weighted by Gasteiger charge is 2.07. The van der Waals surface area contributed by atoms with Crippen molar-refractivity contribution in [2.45, 2.75) is 12.5 Å². The first-order chi connectivity index (χ1) is 5.24. The molecule has 0 fully saturated rings. The van der Waals surface area contributed by atoms with Crippen LogP contribution in [0.2, 0.25) is 5.02 Å². The first kappa shape index (κ1) is 9.00. The van der Waals surface area contributed by atoms with Gasteiger partial charge in [0.05, 0.1) is 11.1 Å². The van der Waals surface area contributed by atoms with E-state index in [2.05, 4.69) is 0 Å². The van der Waals surface area contributed by atoms with E-state index in [1.807, 2.05) is 0 Å². The molecule has 11 heavy (non-hydrogen) atoms. The molecule has 1 heterocycles. The second-order valence-electron chi connectivity index (χ2n) is 2.26. The third kappa shape index (κ3) is 2.45. The van der Waals surface area contributed by atoms with Crippen LogP contribution in [0.15, 0.2) is 11.4 Å². The summed E-state index contributed by atoms with van der Waals surface area (Å²) >= 11 is 7.13. The van der Waals surface area contributed by atoms with Crippen LogP contribution in [0.3, 0.4) is 0 Å². The summed E-state index contributed by atoms with van der Waals surface area (Å²) in [4.78, 5) is 0.889. The van der Waals surface area contributed by atoms with Crippen molar-refractivity contribution in [2.75, 3.05) is 6.54 Å². The van der Waals surface area contributed by atoms with Gasteiger partial charge in [0, 0.05) is 10.3 Å². The van der Waals surface area contributed by atoms with Crippen LogP contribution >= 0.6 is 22.9 Å². The van der Waals surface area contributed by atoms with Gasteiger partial charge in [0.1, 0.15) is 0 Å². The summed E-state index contributed by atoms with van der Waals surface area (Å²) in [5.74, 6) is 0. The lowest BCUT2D eigenvalue weighted by atomic mass is 10.2.